The normalized spacial score (nSPS) is 42.5. The van der Waals surface area contributed by atoms with Crippen LogP contribution in [0.3, 0.4) is 0 Å². The minimum atomic E-state index is -1.95. The molecule has 0 aromatic carbocycles. The van der Waals surface area contributed by atoms with Gasteiger partial charge in [0.15, 0.2) is 0 Å². The Morgan fingerprint density at radius 3 is 1.56 bits per heavy atom. The molecule has 0 unspecified atom stereocenters. The third-order valence-corrected chi connectivity index (χ3v) is 16.3. The zero-order valence-corrected chi connectivity index (χ0v) is 14.6. The second-order valence-electron chi connectivity index (χ2n) is 7.45. The van der Waals surface area contributed by atoms with Gasteiger partial charge in [-0.1, -0.05) is 0 Å². The predicted octanol–water partition coefficient (Wildman–Crippen LogP) is 4.98. The van der Waals surface area contributed by atoms with Crippen molar-refractivity contribution in [2.45, 2.75) is 80.7 Å². The summed E-state index contributed by atoms with van der Waals surface area (Å²) in [5.74, 6) is 3.09. The van der Waals surface area contributed by atoms with E-state index in [9.17, 15) is 0 Å². The van der Waals surface area contributed by atoms with Gasteiger partial charge in [0.25, 0.3) is 0 Å². The Morgan fingerprint density at radius 1 is 0.833 bits per heavy atom. The summed E-state index contributed by atoms with van der Waals surface area (Å²) in [5, 5.41) is 4.11. The molecular formula is C16H30GeO. The molecule has 0 atom stereocenters. The van der Waals surface area contributed by atoms with Gasteiger partial charge in [-0.05, 0) is 0 Å². The van der Waals surface area contributed by atoms with E-state index in [1.165, 1.54) is 54.3 Å². The molecule has 0 aromatic rings. The van der Waals surface area contributed by atoms with Crippen molar-refractivity contribution < 1.29 is 3.76 Å². The van der Waals surface area contributed by atoms with Crippen LogP contribution < -0.4 is 0 Å². The van der Waals surface area contributed by atoms with Crippen molar-refractivity contribution in [3.05, 3.63) is 0 Å². The summed E-state index contributed by atoms with van der Waals surface area (Å²) < 4.78 is 7.07. The molecule has 4 saturated carbocycles. The van der Waals surface area contributed by atoms with Crippen molar-refractivity contribution in [3.8, 4) is 0 Å². The second-order valence-corrected chi connectivity index (χ2v) is 17.3. The molecule has 4 bridgehead atoms. The van der Waals surface area contributed by atoms with Crippen LogP contribution in [0.4, 0.5) is 0 Å². The van der Waals surface area contributed by atoms with Crippen LogP contribution in [0, 0.1) is 17.8 Å². The van der Waals surface area contributed by atoms with Gasteiger partial charge in [0.2, 0.25) is 0 Å². The van der Waals surface area contributed by atoms with Crippen LogP contribution in [0.5, 0.6) is 0 Å². The molecule has 0 amide bonds. The predicted molar refractivity (Wildman–Crippen MR) is 79.2 cm³/mol. The van der Waals surface area contributed by atoms with Gasteiger partial charge in [0, 0.05) is 0 Å². The Kier molecular flexibility index (Phi) is 3.60. The summed E-state index contributed by atoms with van der Waals surface area (Å²) in [6, 6.07) is 0. The number of rotatable bonds is 5. The van der Waals surface area contributed by atoms with Crippen LogP contribution in [0.2, 0.25) is 15.8 Å². The van der Waals surface area contributed by atoms with E-state index in [0.29, 0.717) is 5.60 Å². The Morgan fingerprint density at radius 2 is 1.22 bits per heavy atom. The van der Waals surface area contributed by atoms with E-state index < -0.39 is 13.6 Å². The molecule has 4 aliphatic carbocycles. The Hall–Kier alpha value is 0.503. The van der Waals surface area contributed by atoms with E-state index in [2.05, 4.69) is 20.8 Å². The van der Waals surface area contributed by atoms with Gasteiger partial charge >= 0.3 is 116 Å². The van der Waals surface area contributed by atoms with E-state index in [1.54, 1.807) is 0 Å². The molecule has 0 aliphatic heterocycles. The van der Waals surface area contributed by atoms with Gasteiger partial charge in [0.1, 0.15) is 0 Å². The van der Waals surface area contributed by atoms with Gasteiger partial charge in [-0.2, -0.15) is 0 Å². The van der Waals surface area contributed by atoms with E-state index in [-0.39, 0.29) is 0 Å². The Bertz CT molecular complexity index is 265. The average Bonchev–Trinajstić information content (AvgIpc) is 2.34. The van der Waals surface area contributed by atoms with Crippen molar-refractivity contribution in [2.24, 2.45) is 17.8 Å². The van der Waals surface area contributed by atoms with E-state index in [0.717, 1.165) is 17.8 Å². The summed E-state index contributed by atoms with van der Waals surface area (Å²) in [4.78, 5) is 0. The summed E-state index contributed by atoms with van der Waals surface area (Å²) in [7, 11) is 0. The molecule has 104 valence electrons. The molecule has 4 rings (SSSR count). The van der Waals surface area contributed by atoms with Crippen molar-refractivity contribution >= 4 is 13.6 Å². The first-order valence-corrected chi connectivity index (χ1v) is 13.6. The van der Waals surface area contributed by atoms with Crippen molar-refractivity contribution in [3.63, 3.8) is 0 Å². The molecule has 4 fully saturated rings. The van der Waals surface area contributed by atoms with Crippen molar-refractivity contribution in [1.82, 2.24) is 0 Å². The minimum absolute atomic E-state index is 0.372. The molecule has 18 heavy (non-hydrogen) atoms. The molecule has 2 heteroatoms. The third-order valence-electron chi connectivity index (χ3n) is 6.35. The van der Waals surface area contributed by atoms with Crippen LogP contribution in [0.15, 0.2) is 0 Å². The molecular weight excluding hydrogens is 281 g/mol. The van der Waals surface area contributed by atoms with Crippen LogP contribution in [-0.2, 0) is 3.76 Å². The molecule has 1 nitrogen and oxygen atoms in total. The Balaban J connectivity index is 1.79. The molecule has 0 radical (unpaired) electrons. The molecule has 0 spiro atoms. The van der Waals surface area contributed by atoms with Crippen LogP contribution in [0.1, 0.15) is 59.3 Å². The van der Waals surface area contributed by atoms with Crippen molar-refractivity contribution in [1.29, 1.82) is 0 Å². The fourth-order valence-electron chi connectivity index (χ4n) is 5.58. The first-order chi connectivity index (χ1) is 8.62. The van der Waals surface area contributed by atoms with E-state index >= 15 is 0 Å². The van der Waals surface area contributed by atoms with Crippen LogP contribution in [-0.4, -0.2) is 19.2 Å². The fourth-order valence-corrected chi connectivity index (χ4v) is 12.1. The van der Waals surface area contributed by atoms with E-state index in [4.69, 9.17) is 3.76 Å². The van der Waals surface area contributed by atoms with Crippen LogP contribution in [0.25, 0.3) is 0 Å². The molecule has 0 heterocycles. The molecule has 4 aliphatic rings. The van der Waals surface area contributed by atoms with Gasteiger partial charge in [0.05, 0.1) is 0 Å². The fraction of sp³-hybridized carbons (Fsp3) is 1.00. The van der Waals surface area contributed by atoms with Gasteiger partial charge in [-0.25, -0.2) is 0 Å². The molecule has 0 saturated heterocycles. The average molecular weight is 311 g/mol. The zero-order chi connectivity index (χ0) is 12.8. The quantitative estimate of drug-likeness (QED) is 0.651. The summed E-state index contributed by atoms with van der Waals surface area (Å²) >= 11 is -1.95. The summed E-state index contributed by atoms with van der Waals surface area (Å²) in [6.45, 7) is 7.19. The van der Waals surface area contributed by atoms with Crippen LogP contribution >= 0.6 is 0 Å². The standard InChI is InChI=1S/C16H30GeO/c1-4-17(5-2,6-3)18-16-10-13-7-14(11-16)9-15(8-13)12-16/h13-15H,4-12H2,1-3H3. The maximum absolute atomic E-state index is 7.07. The molecule has 0 N–H and O–H groups in total. The number of hydrogen-bond acceptors (Lipinski definition) is 1. The Labute approximate surface area is 116 Å². The van der Waals surface area contributed by atoms with Crippen molar-refractivity contribution in [2.75, 3.05) is 0 Å². The van der Waals surface area contributed by atoms with Gasteiger partial charge in [-0.15, -0.1) is 0 Å². The third kappa shape index (κ3) is 2.20. The number of hydrogen-bond donors (Lipinski definition) is 0. The van der Waals surface area contributed by atoms with Gasteiger partial charge < -0.3 is 0 Å². The second kappa shape index (κ2) is 4.80. The summed E-state index contributed by atoms with van der Waals surface area (Å²) in [5.41, 5.74) is 0.372. The summed E-state index contributed by atoms with van der Waals surface area (Å²) in [6.07, 6.45) is 8.87. The van der Waals surface area contributed by atoms with Gasteiger partial charge in [-0.3, -0.25) is 0 Å². The zero-order valence-electron chi connectivity index (χ0n) is 12.5. The monoisotopic (exact) mass is 312 g/mol. The first-order valence-electron chi connectivity index (χ1n) is 8.33. The SMILES string of the molecule is C[CH2][Ge]([CH2]C)([CH2]C)[O]C12CC3CC(CC(C3)C1)C2. The van der Waals surface area contributed by atoms with E-state index in [1.807, 2.05) is 0 Å². The maximum atomic E-state index is 7.07. The first kappa shape index (κ1) is 13.5. The molecule has 0 aromatic heterocycles. The topological polar surface area (TPSA) is 9.23 Å².